The first-order valence-electron chi connectivity index (χ1n) is 8.84. The van der Waals surface area contributed by atoms with Crippen LogP contribution in [0.3, 0.4) is 0 Å². The summed E-state index contributed by atoms with van der Waals surface area (Å²) in [5.74, 6) is 0.448. The summed E-state index contributed by atoms with van der Waals surface area (Å²) in [7, 11) is 0. The number of benzene rings is 1. The Bertz CT molecular complexity index is 1040. The third kappa shape index (κ3) is 3.35. The van der Waals surface area contributed by atoms with E-state index in [4.69, 9.17) is 16.2 Å². The third-order valence-electron chi connectivity index (χ3n) is 4.71. The number of nitrogens with two attached hydrogens (primary N) is 2. The predicted molar refractivity (Wildman–Crippen MR) is 106 cm³/mol. The monoisotopic (exact) mass is 380 g/mol. The summed E-state index contributed by atoms with van der Waals surface area (Å²) in [5, 5.41) is 3.01. The number of carbonyl (C=O) groups excluding carboxylic acids is 2. The Morgan fingerprint density at radius 1 is 1.11 bits per heavy atom. The molecular formula is C19H20N6O3. The Labute approximate surface area is 160 Å². The molecule has 0 atom stereocenters. The molecule has 28 heavy (non-hydrogen) atoms. The number of hydrogen-bond acceptors (Lipinski definition) is 5. The number of H-pyrrole nitrogens is 1. The first kappa shape index (κ1) is 17.8. The minimum absolute atomic E-state index is 0.188. The van der Waals surface area contributed by atoms with Crippen molar-refractivity contribution in [3.05, 3.63) is 42.1 Å². The maximum Gasteiger partial charge on any atom is 0.317 e. The molecule has 4 rings (SSSR count). The van der Waals surface area contributed by atoms with Gasteiger partial charge in [0, 0.05) is 35.8 Å². The average Bonchev–Trinajstić information content (AvgIpc) is 3.05. The number of anilines is 2. The van der Waals surface area contributed by atoms with Crippen LogP contribution in [-0.4, -0.2) is 48.2 Å². The lowest BCUT2D eigenvalue weighted by Crippen LogP contribution is -2.36. The maximum absolute atomic E-state index is 11.8. The normalized spacial score (nSPS) is 14.2. The Morgan fingerprint density at radius 2 is 1.86 bits per heavy atom. The van der Waals surface area contributed by atoms with E-state index >= 15 is 0 Å². The second-order valence-electron chi connectivity index (χ2n) is 6.49. The molecule has 144 valence electrons. The summed E-state index contributed by atoms with van der Waals surface area (Å²) in [4.78, 5) is 32.7. The highest BCUT2D eigenvalue weighted by Crippen LogP contribution is 2.30. The molecule has 1 aliphatic rings. The van der Waals surface area contributed by atoms with E-state index in [9.17, 15) is 9.59 Å². The standard InChI is InChI=1S/C19H20N6O3/c20-17(26)16-13-3-1-11(9-14(13)23-18(16)24-19(21)27)12-2-4-15(22-10-12)25-5-7-28-8-6-25/h1-4,9-10,23H,5-8H2,(H2,20,26)(H3,21,24,27). The molecule has 0 bridgehead atoms. The minimum Gasteiger partial charge on any atom is -0.378 e. The summed E-state index contributed by atoms with van der Waals surface area (Å²) in [6.07, 6.45) is 1.81. The van der Waals surface area contributed by atoms with Gasteiger partial charge < -0.3 is 26.1 Å². The molecule has 1 aliphatic heterocycles. The summed E-state index contributed by atoms with van der Waals surface area (Å²) < 4.78 is 5.37. The molecule has 0 radical (unpaired) electrons. The summed E-state index contributed by atoms with van der Waals surface area (Å²) in [6.45, 7) is 3.06. The zero-order valence-electron chi connectivity index (χ0n) is 15.1. The van der Waals surface area contributed by atoms with Crippen molar-refractivity contribution in [2.45, 2.75) is 0 Å². The van der Waals surface area contributed by atoms with E-state index < -0.39 is 11.9 Å². The average molecular weight is 380 g/mol. The molecule has 6 N–H and O–H groups in total. The quantitative estimate of drug-likeness (QED) is 0.545. The number of nitrogens with one attached hydrogen (secondary N) is 2. The molecule has 3 heterocycles. The molecule has 1 aromatic carbocycles. The minimum atomic E-state index is -0.780. The number of primary amides is 2. The van der Waals surface area contributed by atoms with Crippen molar-refractivity contribution < 1.29 is 14.3 Å². The summed E-state index contributed by atoms with van der Waals surface area (Å²) >= 11 is 0. The second kappa shape index (κ2) is 7.20. The number of urea groups is 1. The van der Waals surface area contributed by atoms with Gasteiger partial charge in [0.05, 0.1) is 18.8 Å². The second-order valence-corrected chi connectivity index (χ2v) is 6.49. The van der Waals surface area contributed by atoms with Crippen LogP contribution >= 0.6 is 0 Å². The SMILES string of the molecule is NC(=O)Nc1[nH]c2cc(-c3ccc(N4CCOCC4)nc3)ccc2c1C(N)=O. The molecule has 9 nitrogen and oxygen atoms in total. The van der Waals surface area contributed by atoms with Gasteiger partial charge in [-0.3, -0.25) is 10.1 Å². The smallest absolute Gasteiger partial charge is 0.317 e. The molecule has 0 unspecified atom stereocenters. The maximum atomic E-state index is 11.8. The van der Waals surface area contributed by atoms with Gasteiger partial charge in [-0.05, 0) is 23.8 Å². The van der Waals surface area contributed by atoms with Crippen molar-refractivity contribution in [3.63, 3.8) is 0 Å². The Morgan fingerprint density at radius 3 is 2.50 bits per heavy atom. The van der Waals surface area contributed by atoms with Crippen LogP contribution < -0.4 is 21.7 Å². The summed E-state index contributed by atoms with van der Waals surface area (Å²) in [5.41, 5.74) is 13.3. The number of fused-ring (bicyclic) bond motifs is 1. The van der Waals surface area contributed by atoms with Crippen LogP contribution in [0.5, 0.6) is 0 Å². The molecule has 3 amide bonds. The third-order valence-corrected chi connectivity index (χ3v) is 4.71. The van der Waals surface area contributed by atoms with E-state index in [0.29, 0.717) is 24.1 Å². The number of morpholine rings is 1. The molecule has 0 saturated carbocycles. The van der Waals surface area contributed by atoms with Gasteiger partial charge in [-0.25, -0.2) is 9.78 Å². The fourth-order valence-electron chi connectivity index (χ4n) is 3.39. The number of aromatic nitrogens is 2. The van der Waals surface area contributed by atoms with Crippen LogP contribution in [0.2, 0.25) is 0 Å². The van der Waals surface area contributed by atoms with Gasteiger partial charge in [0.15, 0.2) is 0 Å². The van der Waals surface area contributed by atoms with E-state index in [0.717, 1.165) is 30.0 Å². The molecule has 2 aromatic heterocycles. The van der Waals surface area contributed by atoms with Crippen LogP contribution in [0.1, 0.15) is 10.4 Å². The van der Waals surface area contributed by atoms with Gasteiger partial charge in [-0.2, -0.15) is 0 Å². The molecule has 1 fully saturated rings. The topological polar surface area (TPSA) is 139 Å². The fourth-order valence-corrected chi connectivity index (χ4v) is 3.39. The highest BCUT2D eigenvalue weighted by Gasteiger charge is 2.18. The number of hydrogen-bond donors (Lipinski definition) is 4. The van der Waals surface area contributed by atoms with Crippen LogP contribution in [0.15, 0.2) is 36.5 Å². The molecule has 0 spiro atoms. The van der Waals surface area contributed by atoms with E-state index in [2.05, 4.69) is 20.2 Å². The van der Waals surface area contributed by atoms with Gasteiger partial charge in [-0.15, -0.1) is 0 Å². The largest absolute Gasteiger partial charge is 0.378 e. The zero-order valence-corrected chi connectivity index (χ0v) is 15.1. The zero-order chi connectivity index (χ0) is 19.7. The van der Waals surface area contributed by atoms with E-state index in [1.165, 1.54) is 0 Å². The molecule has 3 aromatic rings. The van der Waals surface area contributed by atoms with Gasteiger partial charge >= 0.3 is 6.03 Å². The highest BCUT2D eigenvalue weighted by atomic mass is 16.5. The van der Waals surface area contributed by atoms with Crippen LogP contribution in [0.4, 0.5) is 16.4 Å². The van der Waals surface area contributed by atoms with Crippen LogP contribution in [-0.2, 0) is 4.74 Å². The molecule has 1 saturated heterocycles. The first-order chi connectivity index (χ1) is 13.5. The fraction of sp³-hybridized carbons (Fsp3) is 0.211. The number of carbonyl (C=O) groups is 2. The molecular weight excluding hydrogens is 360 g/mol. The van der Waals surface area contributed by atoms with E-state index in [1.54, 1.807) is 6.07 Å². The number of ether oxygens (including phenoxy) is 1. The number of amides is 3. The predicted octanol–water partition coefficient (Wildman–Crippen LogP) is 1.66. The Balaban J connectivity index is 1.67. The van der Waals surface area contributed by atoms with Crippen LogP contribution in [0, 0.1) is 0 Å². The highest BCUT2D eigenvalue weighted by molar-refractivity contribution is 6.13. The van der Waals surface area contributed by atoms with Crippen molar-refractivity contribution in [1.29, 1.82) is 0 Å². The lowest BCUT2D eigenvalue weighted by atomic mass is 10.0. The Kier molecular flexibility index (Phi) is 4.58. The van der Waals surface area contributed by atoms with Crippen molar-refractivity contribution >= 4 is 34.5 Å². The van der Waals surface area contributed by atoms with Crippen molar-refractivity contribution in [1.82, 2.24) is 9.97 Å². The van der Waals surface area contributed by atoms with Gasteiger partial charge in [0.1, 0.15) is 11.6 Å². The van der Waals surface area contributed by atoms with Gasteiger partial charge in [0.25, 0.3) is 5.91 Å². The first-order valence-corrected chi connectivity index (χ1v) is 8.84. The van der Waals surface area contributed by atoms with E-state index in [-0.39, 0.29) is 11.4 Å². The van der Waals surface area contributed by atoms with Crippen molar-refractivity contribution in [2.24, 2.45) is 11.5 Å². The van der Waals surface area contributed by atoms with Crippen molar-refractivity contribution in [2.75, 3.05) is 36.5 Å². The number of rotatable bonds is 4. The van der Waals surface area contributed by atoms with E-state index in [1.807, 2.05) is 30.5 Å². The summed E-state index contributed by atoms with van der Waals surface area (Å²) in [6, 6.07) is 8.73. The lowest BCUT2D eigenvalue weighted by Gasteiger charge is -2.27. The Hall–Kier alpha value is -3.59. The number of aromatic amines is 1. The number of pyridine rings is 1. The lowest BCUT2D eigenvalue weighted by molar-refractivity contribution is 0.100. The van der Waals surface area contributed by atoms with Gasteiger partial charge in [-0.1, -0.05) is 12.1 Å². The van der Waals surface area contributed by atoms with Crippen molar-refractivity contribution in [3.8, 4) is 11.1 Å². The van der Waals surface area contributed by atoms with Crippen LogP contribution in [0.25, 0.3) is 22.0 Å². The number of nitrogens with zero attached hydrogens (tertiary/aromatic N) is 2. The van der Waals surface area contributed by atoms with Gasteiger partial charge in [0.2, 0.25) is 0 Å². The molecule has 9 heteroatoms. The molecule has 0 aliphatic carbocycles.